The summed E-state index contributed by atoms with van der Waals surface area (Å²) in [5, 5.41) is 71.4. The van der Waals surface area contributed by atoms with Crippen molar-refractivity contribution in [2.24, 2.45) is 5.73 Å². The highest BCUT2D eigenvalue weighted by molar-refractivity contribution is 5.67. The molecule has 1 amide bonds. The van der Waals surface area contributed by atoms with Gasteiger partial charge in [0.15, 0.2) is 6.29 Å². The van der Waals surface area contributed by atoms with E-state index in [1.165, 1.54) is 0 Å². The molecule has 1 aliphatic rings. The molecule has 1 saturated heterocycles. The number of ether oxygens (including phenoxy) is 3. The first kappa shape index (κ1) is 27.3. The van der Waals surface area contributed by atoms with Crippen molar-refractivity contribution in [2.45, 2.75) is 61.6 Å². The zero-order valence-corrected chi connectivity index (χ0v) is 17.8. The molecule has 1 aromatic rings. The fourth-order valence-electron chi connectivity index (χ4n) is 3.26. The maximum absolute atomic E-state index is 12.3. The molecule has 0 aromatic heterocycles. The molecular formula is C20H32N2O11. The molecule has 13 heteroatoms. The van der Waals surface area contributed by atoms with Crippen molar-refractivity contribution in [3.63, 3.8) is 0 Å². The van der Waals surface area contributed by atoms with Gasteiger partial charge >= 0.3 is 6.09 Å². The van der Waals surface area contributed by atoms with Gasteiger partial charge in [0, 0.05) is 0 Å². The van der Waals surface area contributed by atoms with Crippen LogP contribution in [-0.2, 0) is 20.8 Å². The van der Waals surface area contributed by atoms with Crippen LogP contribution in [0.15, 0.2) is 30.3 Å². The number of hydrogen-bond donors (Lipinski definition) is 9. The Bertz CT molecular complexity index is 713. The van der Waals surface area contributed by atoms with Crippen LogP contribution in [-0.4, -0.2) is 117 Å². The normalized spacial score (nSPS) is 29.0. The van der Waals surface area contributed by atoms with Crippen LogP contribution in [0.1, 0.15) is 5.56 Å². The van der Waals surface area contributed by atoms with Gasteiger partial charge in [-0.25, -0.2) is 4.79 Å². The maximum atomic E-state index is 12.3. The van der Waals surface area contributed by atoms with Crippen LogP contribution in [0.2, 0.25) is 0 Å². The van der Waals surface area contributed by atoms with Crippen LogP contribution in [0.25, 0.3) is 0 Å². The monoisotopic (exact) mass is 476 g/mol. The van der Waals surface area contributed by atoms with E-state index in [1.807, 2.05) is 0 Å². The van der Waals surface area contributed by atoms with E-state index in [2.05, 4.69) is 5.32 Å². The molecule has 1 fully saturated rings. The predicted octanol–water partition coefficient (Wildman–Crippen LogP) is -3.86. The predicted molar refractivity (Wildman–Crippen MR) is 110 cm³/mol. The third-order valence-corrected chi connectivity index (χ3v) is 5.22. The molecule has 9 atom stereocenters. The first-order valence-corrected chi connectivity index (χ1v) is 10.3. The van der Waals surface area contributed by atoms with E-state index < -0.39 is 80.9 Å². The summed E-state index contributed by atoms with van der Waals surface area (Å²) >= 11 is 0. The summed E-state index contributed by atoms with van der Waals surface area (Å²) in [5.41, 5.74) is 6.28. The Morgan fingerprint density at radius 2 is 1.76 bits per heavy atom. The molecule has 0 bridgehead atoms. The number of nitrogens with two attached hydrogens (primary N) is 1. The van der Waals surface area contributed by atoms with Gasteiger partial charge in [0.25, 0.3) is 0 Å². The summed E-state index contributed by atoms with van der Waals surface area (Å²) in [4.78, 5) is 12.3. The van der Waals surface area contributed by atoms with Crippen LogP contribution < -0.4 is 11.1 Å². The molecule has 1 aromatic carbocycles. The molecule has 0 aliphatic carbocycles. The smallest absolute Gasteiger partial charge is 0.407 e. The lowest BCUT2D eigenvalue weighted by molar-refractivity contribution is -0.299. The first-order chi connectivity index (χ1) is 15.7. The van der Waals surface area contributed by atoms with Crippen molar-refractivity contribution in [3.05, 3.63) is 35.9 Å². The Morgan fingerprint density at radius 3 is 2.33 bits per heavy atom. The van der Waals surface area contributed by atoms with Gasteiger partial charge in [-0.15, -0.1) is 0 Å². The number of rotatable bonds is 11. The largest absolute Gasteiger partial charge is 0.445 e. The Labute approximate surface area is 189 Å². The number of benzene rings is 1. The molecular weight excluding hydrogens is 444 g/mol. The molecule has 188 valence electrons. The SMILES string of the molecule is NC(CO)[C@H](O)[C@H](O[C@@H]1OC(CO)[C@@H](O)[C@@H](O)C1NC(=O)OCc1ccccc1)C(O)CO. The number of nitrogens with one attached hydrogen (secondary N) is 1. The van der Waals surface area contributed by atoms with E-state index in [0.29, 0.717) is 5.56 Å². The van der Waals surface area contributed by atoms with Crippen molar-refractivity contribution in [3.8, 4) is 0 Å². The van der Waals surface area contributed by atoms with Gasteiger partial charge in [0.05, 0.1) is 25.9 Å². The van der Waals surface area contributed by atoms with Crippen LogP contribution in [0.3, 0.4) is 0 Å². The summed E-state index contributed by atoms with van der Waals surface area (Å²) < 4.78 is 16.1. The zero-order valence-electron chi connectivity index (χ0n) is 17.8. The van der Waals surface area contributed by atoms with Gasteiger partial charge in [-0.2, -0.15) is 0 Å². The van der Waals surface area contributed by atoms with Crippen molar-refractivity contribution >= 4 is 6.09 Å². The number of carbonyl (C=O) groups is 1. The number of aliphatic hydroxyl groups is 7. The summed E-state index contributed by atoms with van der Waals surface area (Å²) in [6, 6.07) is 5.98. The minimum atomic E-state index is -1.71. The highest BCUT2D eigenvalue weighted by Gasteiger charge is 2.48. The highest BCUT2D eigenvalue weighted by atomic mass is 16.7. The van der Waals surface area contributed by atoms with Crippen molar-refractivity contribution in [1.29, 1.82) is 0 Å². The van der Waals surface area contributed by atoms with Crippen LogP contribution >= 0.6 is 0 Å². The molecule has 0 spiro atoms. The second kappa shape index (κ2) is 13.1. The Balaban J connectivity index is 2.18. The summed E-state index contributed by atoms with van der Waals surface area (Å²) in [6.07, 6.45) is -12.3. The third-order valence-electron chi connectivity index (χ3n) is 5.22. The molecule has 1 aliphatic heterocycles. The molecule has 13 nitrogen and oxygen atoms in total. The average molecular weight is 476 g/mol. The molecule has 0 radical (unpaired) electrons. The standard InChI is InChI=1S/C20H32N2O11/c21-11(6-23)15(27)18(12(26)7-24)33-19-14(17(29)16(28)13(8-25)32-19)22-20(30)31-9-10-4-2-1-3-5-10/h1-5,11-19,23-29H,6-9,21H2,(H,22,30)/t11?,12?,13?,14?,15-,16+,17-,18+,19-/m0/s1. The van der Waals surface area contributed by atoms with Gasteiger partial charge < -0.3 is 61.0 Å². The Hall–Kier alpha value is -1.91. The van der Waals surface area contributed by atoms with Gasteiger partial charge in [-0.05, 0) is 5.56 Å². The number of hydrogen-bond acceptors (Lipinski definition) is 12. The fraction of sp³-hybridized carbons (Fsp3) is 0.650. The molecule has 10 N–H and O–H groups in total. The van der Waals surface area contributed by atoms with Gasteiger partial charge in [-0.1, -0.05) is 30.3 Å². The van der Waals surface area contributed by atoms with Crippen LogP contribution in [0, 0.1) is 0 Å². The number of amides is 1. The average Bonchev–Trinajstić information content (AvgIpc) is 2.84. The highest BCUT2D eigenvalue weighted by Crippen LogP contribution is 2.25. The van der Waals surface area contributed by atoms with E-state index in [1.54, 1.807) is 30.3 Å². The lowest BCUT2D eigenvalue weighted by Gasteiger charge is -2.44. The topological polar surface area (TPSA) is 224 Å². The number of carbonyl (C=O) groups excluding carboxylic acids is 1. The second-order valence-corrected chi connectivity index (χ2v) is 7.63. The molecule has 0 saturated carbocycles. The van der Waals surface area contributed by atoms with E-state index in [4.69, 9.17) is 19.9 Å². The third kappa shape index (κ3) is 7.28. The molecule has 2 rings (SSSR count). The number of aliphatic hydroxyl groups excluding tert-OH is 7. The van der Waals surface area contributed by atoms with Gasteiger partial charge in [-0.3, -0.25) is 0 Å². The molecule has 1 heterocycles. The Kier molecular flexibility index (Phi) is 10.9. The van der Waals surface area contributed by atoms with Crippen molar-refractivity contribution in [1.82, 2.24) is 5.32 Å². The van der Waals surface area contributed by atoms with Crippen molar-refractivity contribution < 1.29 is 54.8 Å². The van der Waals surface area contributed by atoms with Crippen LogP contribution in [0.4, 0.5) is 4.79 Å². The summed E-state index contributed by atoms with van der Waals surface area (Å²) in [5.74, 6) is 0. The second-order valence-electron chi connectivity index (χ2n) is 7.63. The van der Waals surface area contributed by atoms with Gasteiger partial charge in [0.1, 0.15) is 49.3 Å². The number of alkyl carbamates (subject to hydrolysis) is 1. The minimum Gasteiger partial charge on any atom is -0.445 e. The minimum absolute atomic E-state index is 0.0976. The Morgan fingerprint density at radius 1 is 1.09 bits per heavy atom. The van der Waals surface area contributed by atoms with Gasteiger partial charge in [0.2, 0.25) is 0 Å². The quantitative estimate of drug-likeness (QED) is 0.150. The van der Waals surface area contributed by atoms with E-state index >= 15 is 0 Å². The lowest BCUT2D eigenvalue weighted by Crippen LogP contribution is -2.66. The van der Waals surface area contributed by atoms with E-state index in [-0.39, 0.29) is 6.61 Å². The lowest BCUT2D eigenvalue weighted by atomic mass is 9.96. The fourth-order valence-corrected chi connectivity index (χ4v) is 3.26. The van der Waals surface area contributed by atoms with Crippen LogP contribution in [0.5, 0.6) is 0 Å². The van der Waals surface area contributed by atoms with E-state index in [0.717, 1.165) is 0 Å². The summed E-state index contributed by atoms with van der Waals surface area (Å²) in [7, 11) is 0. The maximum Gasteiger partial charge on any atom is 0.407 e. The molecule has 4 unspecified atom stereocenters. The first-order valence-electron chi connectivity index (χ1n) is 10.3. The summed E-state index contributed by atoms with van der Waals surface area (Å²) in [6.45, 7) is -2.37. The zero-order chi connectivity index (χ0) is 24.5. The molecule has 33 heavy (non-hydrogen) atoms. The van der Waals surface area contributed by atoms with E-state index in [9.17, 15) is 40.5 Å². The van der Waals surface area contributed by atoms with Crippen molar-refractivity contribution in [2.75, 3.05) is 19.8 Å².